The molecule has 1 rings (SSSR count). The highest BCUT2D eigenvalue weighted by Crippen LogP contribution is 2.09. The summed E-state index contributed by atoms with van der Waals surface area (Å²) in [5.74, 6) is 0. The van der Waals surface area contributed by atoms with Crippen molar-refractivity contribution in [1.82, 2.24) is 15.1 Å². The molecule has 0 amide bonds. The fraction of sp³-hybridized carbons (Fsp3) is 0.667. The first-order valence-corrected chi connectivity index (χ1v) is 4.49. The van der Waals surface area contributed by atoms with Crippen molar-refractivity contribution in [2.75, 3.05) is 20.3 Å². The monoisotopic (exact) mass is 183 g/mol. The molecular formula is C9H17N3O. The van der Waals surface area contributed by atoms with E-state index in [2.05, 4.69) is 17.3 Å². The summed E-state index contributed by atoms with van der Waals surface area (Å²) in [5, 5.41) is 7.63. The van der Waals surface area contributed by atoms with Gasteiger partial charge in [-0.1, -0.05) is 6.92 Å². The molecule has 4 heteroatoms. The molecule has 0 aliphatic rings. The van der Waals surface area contributed by atoms with E-state index in [0.29, 0.717) is 6.61 Å². The van der Waals surface area contributed by atoms with Crippen LogP contribution in [0.3, 0.4) is 0 Å². The van der Waals surface area contributed by atoms with Gasteiger partial charge in [0.25, 0.3) is 0 Å². The average Bonchev–Trinajstić information content (AvgIpc) is 2.51. The zero-order chi connectivity index (χ0) is 9.68. The van der Waals surface area contributed by atoms with Gasteiger partial charge in [-0.25, -0.2) is 0 Å². The quantitative estimate of drug-likeness (QED) is 0.731. The Labute approximate surface area is 78.9 Å². The van der Waals surface area contributed by atoms with Crippen LogP contribution < -0.4 is 5.32 Å². The highest BCUT2D eigenvalue weighted by molar-refractivity contribution is 5.05. The molecule has 13 heavy (non-hydrogen) atoms. The molecule has 1 N–H and O–H groups in total. The highest BCUT2D eigenvalue weighted by Gasteiger charge is 2.11. The van der Waals surface area contributed by atoms with E-state index < -0.39 is 0 Å². The summed E-state index contributed by atoms with van der Waals surface area (Å²) in [6.07, 6.45) is 1.94. The molecule has 0 saturated carbocycles. The van der Waals surface area contributed by atoms with E-state index in [0.717, 1.165) is 12.2 Å². The number of rotatable bonds is 5. The standard InChI is InChI=1S/C9H17N3O/c1-4-10-9(7-13-3)8-5-6-12(2)11-8/h5-6,9-10H,4,7H2,1-3H3. The normalized spacial score (nSPS) is 13.2. The van der Waals surface area contributed by atoms with Crippen molar-refractivity contribution in [2.45, 2.75) is 13.0 Å². The summed E-state index contributed by atoms with van der Waals surface area (Å²) >= 11 is 0. The van der Waals surface area contributed by atoms with Crippen LogP contribution in [-0.2, 0) is 11.8 Å². The molecule has 74 valence electrons. The van der Waals surface area contributed by atoms with Crippen molar-refractivity contribution in [1.29, 1.82) is 0 Å². The number of hydrogen-bond donors (Lipinski definition) is 1. The molecule has 0 aliphatic heterocycles. The number of nitrogens with zero attached hydrogens (tertiary/aromatic N) is 2. The fourth-order valence-corrected chi connectivity index (χ4v) is 1.28. The fourth-order valence-electron chi connectivity index (χ4n) is 1.28. The maximum Gasteiger partial charge on any atom is 0.0817 e. The summed E-state index contributed by atoms with van der Waals surface area (Å²) in [7, 11) is 3.62. The van der Waals surface area contributed by atoms with Crippen LogP contribution in [0.1, 0.15) is 18.7 Å². The molecule has 1 unspecified atom stereocenters. The molecule has 4 nitrogen and oxygen atoms in total. The van der Waals surface area contributed by atoms with E-state index in [1.807, 2.05) is 19.3 Å². The van der Waals surface area contributed by atoms with Crippen LogP contribution in [0.25, 0.3) is 0 Å². The molecule has 1 aromatic heterocycles. The maximum atomic E-state index is 5.11. The van der Waals surface area contributed by atoms with E-state index in [-0.39, 0.29) is 6.04 Å². The summed E-state index contributed by atoms with van der Waals surface area (Å²) < 4.78 is 6.91. The Hall–Kier alpha value is -0.870. The van der Waals surface area contributed by atoms with Gasteiger partial charge in [0.2, 0.25) is 0 Å². The van der Waals surface area contributed by atoms with Gasteiger partial charge in [0, 0.05) is 20.4 Å². The van der Waals surface area contributed by atoms with Crippen molar-refractivity contribution in [3.63, 3.8) is 0 Å². The van der Waals surface area contributed by atoms with Crippen molar-refractivity contribution in [3.8, 4) is 0 Å². The Bertz CT molecular complexity index is 241. The van der Waals surface area contributed by atoms with Gasteiger partial charge >= 0.3 is 0 Å². The first-order valence-electron chi connectivity index (χ1n) is 4.49. The first kappa shape index (κ1) is 10.2. The zero-order valence-electron chi connectivity index (χ0n) is 8.45. The van der Waals surface area contributed by atoms with Gasteiger partial charge in [0.1, 0.15) is 0 Å². The summed E-state index contributed by atoms with van der Waals surface area (Å²) in [4.78, 5) is 0. The van der Waals surface area contributed by atoms with Crippen LogP contribution in [-0.4, -0.2) is 30.0 Å². The predicted octanol–water partition coefficient (Wildman–Crippen LogP) is 0.717. The molecule has 0 spiro atoms. The summed E-state index contributed by atoms with van der Waals surface area (Å²) in [5.41, 5.74) is 1.03. The Kier molecular flexibility index (Phi) is 3.92. The number of hydrogen-bond acceptors (Lipinski definition) is 3. The molecule has 0 fully saturated rings. The molecule has 1 heterocycles. The SMILES string of the molecule is CCNC(COC)c1ccn(C)n1. The second-order valence-electron chi connectivity index (χ2n) is 2.98. The van der Waals surface area contributed by atoms with Crippen LogP contribution >= 0.6 is 0 Å². The molecular weight excluding hydrogens is 166 g/mol. The van der Waals surface area contributed by atoms with E-state index in [1.165, 1.54) is 0 Å². The number of aromatic nitrogens is 2. The molecule has 1 atom stereocenters. The second kappa shape index (κ2) is 4.99. The topological polar surface area (TPSA) is 39.1 Å². The highest BCUT2D eigenvalue weighted by atomic mass is 16.5. The number of nitrogens with one attached hydrogen (secondary N) is 1. The molecule has 1 aromatic rings. The third-order valence-electron chi connectivity index (χ3n) is 1.88. The van der Waals surface area contributed by atoms with Crippen LogP contribution in [0.4, 0.5) is 0 Å². The smallest absolute Gasteiger partial charge is 0.0817 e. The van der Waals surface area contributed by atoms with Crippen molar-refractivity contribution in [3.05, 3.63) is 18.0 Å². The van der Waals surface area contributed by atoms with E-state index in [4.69, 9.17) is 4.74 Å². The third kappa shape index (κ3) is 2.82. The maximum absolute atomic E-state index is 5.11. The van der Waals surface area contributed by atoms with E-state index >= 15 is 0 Å². The lowest BCUT2D eigenvalue weighted by Crippen LogP contribution is -2.25. The lowest BCUT2D eigenvalue weighted by Gasteiger charge is -2.13. The lowest BCUT2D eigenvalue weighted by atomic mass is 10.2. The van der Waals surface area contributed by atoms with Crippen LogP contribution in [0.5, 0.6) is 0 Å². The summed E-state index contributed by atoms with van der Waals surface area (Å²) in [6.45, 7) is 3.65. The van der Waals surface area contributed by atoms with Gasteiger partial charge in [-0.15, -0.1) is 0 Å². The summed E-state index contributed by atoms with van der Waals surface area (Å²) in [6, 6.07) is 2.21. The number of likely N-dealkylation sites (N-methyl/N-ethyl adjacent to an activating group) is 1. The van der Waals surface area contributed by atoms with Crippen molar-refractivity contribution in [2.24, 2.45) is 7.05 Å². The van der Waals surface area contributed by atoms with Crippen LogP contribution in [0.15, 0.2) is 12.3 Å². The molecule has 0 saturated heterocycles. The number of methoxy groups -OCH3 is 1. The minimum absolute atomic E-state index is 0.205. The Morgan fingerprint density at radius 3 is 2.92 bits per heavy atom. The van der Waals surface area contributed by atoms with Gasteiger partial charge in [-0.2, -0.15) is 5.10 Å². The van der Waals surface area contributed by atoms with E-state index in [1.54, 1.807) is 11.8 Å². The Morgan fingerprint density at radius 2 is 2.46 bits per heavy atom. The lowest BCUT2D eigenvalue weighted by molar-refractivity contribution is 0.166. The zero-order valence-corrected chi connectivity index (χ0v) is 8.45. The average molecular weight is 183 g/mol. The van der Waals surface area contributed by atoms with E-state index in [9.17, 15) is 0 Å². The van der Waals surface area contributed by atoms with Gasteiger partial charge in [-0.05, 0) is 12.6 Å². The number of aryl methyl sites for hydroxylation is 1. The Balaban J connectivity index is 2.63. The Morgan fingerprint density at radius 1 is 1.69 bits per heavy atom. The largest absolute Gasteiger partial charge is 0.383 e. The first-order chi connectivity index (χ1) is 6.27. The van der Waals surface area contributed by atoms with Crippen molar-refractivity contribution < 1.29 is 4.74 Å². The molecule has 0 aromatic carbocycles. The minimum Gasteiger partial charge on any atom is -0.383 e. The second-order valence-corrected chi connectivity index (χ2v) is 2.98. The van der Waals surface area contributed by atoms with Gasteiger partial charge in [0.15, 0.2) is 0 Å². The molecule has 0 aliphatic carbocycles. The third-order valence-corrected chi connectivity index (χ3v) is 1.88. The predicted molar refractivity (Wildman–Crippen MR) is 51.5 cm³/mol. The van der Waals surface area contributed by atoms with Crippen LogP contribution in [0, 0.1) is 0 Å². The van der Waals surface area contributed by atoms with Gasteiger partial charge < -0.3 is 10.1 Å². The van der Waals surface area contributed by atoms with Crippen LogP contribution in [0.2, 0.25) is 0 Å². The van der Waals surface area contributed by atoms with Crippen molar-refractivity contribution >= 4 is 0 Å². The van der Waals surface area contributed by atoms with Gasteiger partial charge in [-0.3, -0.25) is 4.68 Å². The molecule has 0 bridgehead atoms. The van der Waals surface area contributed by atoms with Gasteiger partial charge in [0.05, 0.1) is 18.3 Å². The number of ether oxygens (including phenoxy) is 1. The minimum atomic E-state index is 0.205. The molecule has 0 radical (unpaired) electrons.